The molecule has 2 aromatic rings. The molecule has 0 unspecified atom stereocenters. The average Bonchev–Trinajstić information content (AvgIpc) is 3.13. The third-order valence-electron chi connectivity index (χ3n) is 3.62. The number of anilines is 1. The van der Waals surface area contributed by atoms with Crippen LogP contribution < -0.4 is 11.1 Å². The third-order valence-corrected chi connectivity index (χ3v) is 5.45. The van der Waals surface area contributed by atoms with Crippen molar-refractivity contribution in [3.8, 4) is 0 Å². The quantitative estimate of drug-likeness (QED) is 0.827. The van der Waals surface area contributed by atoms with Crippen LogP contribution in [0.25, 0.3) is 0 Å². The number of thiophene rings is 1. The Bertz CT molecular complexity index is 725. The first-order valence-electron chi connectivity index (χ1n) is 7.05. The van der Waals surface area contributed by atoms with E-state index in [4.69, 9.17) is 5.73 Å². The SMILES string of the molecule is NC(=O)c1ccsc1NC(=O)CSc1ccc2c(c1)CCC2. The number of amides is 2. The molecule has 0 fully saturated rings. The number of carbonyl (C=O) groups excluding carboxylic acids is 2. The van der Waals surface area contributed by atoms with Crippen LogP contribution in [0.3, 0.4) is 0 Å². The van der Waals surface area contributed by atoms with Gasteiger partial charge in [-0.15, -0.1) is 23.1 Å². The molecule has 0 bridgehead atoms. The highest BCUT2D eigenvalue weighted by molar-refractivity contribution is 8.00. The molecule has 3 rings (SSSR count). The Morgan fingerprint density at radius 1 is 1.23 bits per heavy atom. The fourth-order valence-electron chi connectivity index (χ4n) is 2.55. The second-order valence-electron chi connectivity index (χ2n) is 5.15. The number of nitrogens with two attached hydrogens (primary N) is 1. The largest absolute Gasteiger partial charge is 0.366 e. The summed E-state index contributed by atoms with van der Waals surface area (Å²) in [7, 11) is 0. The van der Waals surface area contributed by atoms with Gasteiger partial charge in [0.15, 0.2) is 0 Å². The van der Waals surface area contributed by atoms with E-state index in [9.17, 15) is 9.59 Å². The lowest BCUT2D eigenvalue weighted by Crippen LogP contribution is -2.17. The standard InChI is InChI=1S/C16H16N2O2S2/c17-15(20)13-6-7-21-16(13)18-14(19)9-22-12-5-4-10-2-1-3-11(10)8-12/h4-8H,1-3,9H2,(H2,17,20)(H,18,19). The smallest absolute Gasteiger partial charge is 0.251 e. The van der Waals surface area contributed by atoms with Crippen LogP contribution in [0.4, 0.5) is 5.00 Å². The zero-order valence-electron chi connectivity index (χ0n) is 11.9. The van der Waals surface area contributed by atoms with Crippen LogP contribution in [-0.2, 0) is 17.6 Å². The summed E-state index contributed by atoms with van der Waals surface area (Å²) in [6.07, 6.45) is 3.51. The number of nitrogens with one attached hydrogen (secondary N) is 1. The molecule has 1 aromatic carbocycles. The van der Waals surface area contributed by atoms with Gasteiger partial charge in [0.25, 0.3) is 5.91 Å². The van der Waals surface area contributed by atoms with Crippen LogP contribution in [0.2, 0.25) is 0 Å². The van der Waals surface area contributed by atoms with Crippen LogP contribution in [0, 0.1) is 0 Å². The molecule has 0 saturated heterocycles. The maximum Gasteiger partial charge on any atom is 0.251 e. The van der Waals surface area contributed by atoms with Gasteiger partial charge >= 0.3 is 0 Å². The highest BCUT2D eigenvalue weighted by Crippen LogP contribution is 2.28. The summed E-state index contributed by atoms with van der Waals surface area (Å²) in [5.74, 6) is -0.340. The van der Waals surface area contributed by atoms with Crippen molar-refractivity contribution < 1.29 is 9.59 Å². The number of rotatable bonds is 5. The summed E-state index contributed by atoms with van der Waals surface area (Å²) in [6, 6.07) is 8.03. The maximum atomic E-state index is 12.0. The van der Waals surface area contributed by atoms with E-state index >= 15 is 0 Å². The molecule has 1 aliphatic rings. The predicted octanol–water partition coefficient (Wildman–Crippen LogP) is 3.07. The lowest BCUT2D eigenvalue weighted by atomic mass is 10.1. The van der Waals surface area contributed by atoms with Gasteiger partial charge in [-0.1, -0.05) is 6.07 Å². The summed E-state index contributed by atoms with van der Waals surface area (Å²) in [4.78, 5) is 24.3. The van der Waals surface area contributed by atoms with Crippen LogP contribution in [0.15, 0.2) is 34.5 Å². The Morgan fingerprint density at radius 2 is 2.05 bits per heavy atom. The average molecular weight is 332 g/mol. The molecule has 1 heterocycles. The van der Waals surface area contributed by atoms with Crippen molar-refractivity contribution in [3.05, 3.63) is 46.3 Å². The lowest BCUT2D eigenvalue weighted by molar-refractivity contribution is -0.113. The number of primary amides is 1. The van der Waals surface area contributed by atoms with Gasteiger partial charge in [0.05, 0.1) is 11.3 Å². The molecule has 0 saturated carbocycles. The van der Waals surface area contributed by atoms with Crippen molar-refractivity contribution in [3.63, 3.8) is 0 Å². The number of carbonyl (C=O) groups is 2. The summed E-state index contributed by atoms with van der Waals surface area (Å²) in [5.41, 5.74) is 8.46. The zero-order valence-corrected chi connectivity index (χ0v) is 13.6. The monoisotopic (exact) mass is 332 g/mol. The first-order valence-corrected chi connectivity index (χ1v) is 8.92. The molecule has 0 atom stereocenters. The molecular weight excluding hydrogens is 316 g/mol. The molecule has 4 nitrogen and oxygen atoms in total. The number of aryl methyl sites for hydroxylation is 2. The van der Waals surface area contributed by atoms with Gasteiger partial charge < -0.3 is 11.1 Å². The summed E-state index contributed by atoms with van der Waals surface area (Å²) in [6.45, 7) is 0. The van der Waals surface area contributed by atoms with Crippen LogP contribution in [0.1, 0.15) is 27.9 Å². The maximum absolute atomic E-state index is 12.0. The number of hydrogen-bond donors (Lipinski definition) is 2. The molecule has 1 aromatic heterocycles. The van der Waals surface area contributed by atoms with E-state index in [1.54, 1.807) is 11.4 Å². The number of thioether (sulfide) groups is 1. The summed E-state index contributed by atoms with van der Waals surface area (Å²) < 4.78 is 0. The van der Waals surface area contributed by atoms with Gasteiger partial charge in [-0.25, -0.2) is 0 Å². The molecule has 2 amide bonds. The minimum absolute atomic E-state index is 0.129. The molecule has 6 heteroatoms. The Kier molecular flexibility index (Phi) is 4.49. The van der Waals surface area contributed by atoms with Crippen molar-refractivity contribution in [2.24, 2.45) is 5.73 Å². The van der Waals surface area contributed by atoms with Crippen LogP contribution in [-0.4, -0.2) is 17.6 Å². The molecule has 1 aliphatic carbocycles. The van der Waals surface area contributed by atoms with E-state index in [1.165, 1.54) is 40.6 Å². The van der Waals surface area contributed by atoms with Crippen molar-refractivity contribution in [2.45, 2.75) is 24.2 Å². The van der Waals surface area contributed by atoms with Gasteiger partial charge in [0, 0.05) is 4.90 Å². The molecule has 22 heavy (non-hydrogen) atoms. The van der Waals surface area contributed by atoms with E-state index in [2.05, 4.69) is 23.5 Å². The fourth-order valence-corrected chi connectivity index (χ4v) is 4.12. The molecule has 0 radical (unpaired) electrons. The second-order valence-corrected chi connectivity index (χ2v) is 7.11. The Labute approximate surface area is 137 Å². The first-order chi connectivity index (χ1) is 10.6. The summed E-state index contributed by atoms with van der Waals surface area (Å²) in [5, 5.41) is 5.01. The van der Waals surface area contributed by atoms with E-state index < -0.39 is 5.91 Å². The zero-order chi connectivity index (χ0) is 15.5. The van der Waals surface area contributed by atoms with E-state index in [0.29, 0.717) is 16.3 Å². The third kappa shape index (κ3) is 3.34. The van der Waals surface area contributed by atoms with E-state index in [1.807, 2.05) is 0 Å². The fraction of sp³-hybridized carbons (Fsp3) is 0.250. The van der Waals surface area contributed by atoms with Crippen molar-refractivity contribution >= 4 is 39.9 Å². The van der Waals surface area contributed by atoms with Gasteiger partial charge in [-0.2, -0.15) is 0 Å². The van der Waals surface area contributed by atoms with Crippen molar-refractivity contribution in [1.29, 1.82) is 0 Å². The molecule has 114 valence electrons. The second kappa shape index (κ2) is 6.54. The van der Waals surface area contributed by atoms with E-state index in [-0.39, 0.29) is 5.91 Å². The molecule has 0 aliphatic heterocycles. The van der Waals surface area contributed by atoms with Gasteiger partial charge in [0.1, 0.15) is 5.00 Å². The topological polar surface area (TPSA) is 72.2 Å². The van der Waals surface area contributed by atoms with E-state index in [0.717, 1.165) is 17.7 Å². The highest BCUT2D eigenvalue weighted by atomic mass is 32.2. The Hall–Kier alpha value is -1.79. The number of fused-ring (bicyclic) bond motifs is 1. The minimum atomic E-state index is -0.525. The van der Waals surface area contributed by atoms with Crippen molar-refractivity contribution in [2.75, 3.05) is 11.1 Å². The van der Waals surface area contributed by atoms with Gasteiger partial charge in [0.2, 0.25) is 5.91 Å². The minimum Gasteiger partial charge on any atom is -0.366 e. The Morgan fingerprint density at radius 3 is 2.86 bits per heavy atom. The van der Waals surface area contributed by atoms with Crippen LogP contribution in [0.5, 0.6) is 0 Å². The Balaban J connectivity index is 1.58. The normalized spacial score (nSPS) is 12.9. The van der Waals surface area contributed by atoms with Crippen molar-refractivity contribution in [1.82, 2.24) is 0 Å². The molecular formula is C16H16N2O2S2. The van der Waals surface area contributed by atoms with Gasteiger partial charge in [-0.3, -0.25) is 9.59 Å². The highest BCUT2D eigenvalue weighted by Gasteiger charge is 2.14. The lowest BCUT2D eigenvalue weighted by Gasteiger charge is -2.06. The summed E-state index contributed by atoms with van der Waals surface area (Å²) >= 11 is 2.81. The molecule has 0 spiro atoms. The number of hydrogen-bond acceptors (Lipinski definition) is 4. The predicted molar refractivity (Wildman–Crippen MR) is 90.7 cm³/mol. The van der Waals surface area contributed by atoms with Crippen LogP contribution >= 0.6 is 23.1 Å². The first kappa shape index (κ1) is 15.1. The molecule has 3 N–H and O–H groups in total. The number of benzene rings is 1. The van der Waals surface area contributed by atoms with Gasteiger partial charge in [-0.05, 0) is 54.0 Å².